The molecule has 106 valence electrons. The van der Waals surface area contributed by atoms with Gasteiger partial charge in [-0.15, -0.1) is 0 Å². The SMILES string of the molecule is Cc1cc(C)nc(-n2[nH]c(C(=O)O)c(CCO)c2=O)n1. The van der Waals surface area contributed by atoms with Crippen molar-refractivity contribution >= 4 is 5.97 Å². The van der Waals surface area contributed by atoms with Crippen LogP contribution < -0.4 is 5.56 Å². The van der Waals surface area contributed by atoms with Crippen LogP contribution >= 0.6 is 0 Å². The second-order valence-corrected chi connectivity index (χ2v) is 4.34. The molecule has 8 nitrogen and oxygen atoms in total. The molecule has 0 aliphatic carbocycles. The van der Waals surface area contributed by atoms with Crippen molar-refractivity contribution in [3.63, 3.8) is 0 Å². The Bertz CT molecular complexity index is 696. The predicted molar refractivity (Wildman–Crippen MR) is 69.2 cm³/mol. The minimum absolute atomic E-state index is 0.00255. The summed E-state index contributed by atoms with van der Waals surface area (Å²) in [5.74, 6) is -1.19. The van der Waals surface area contributed by atoms with E-state index in [-0.39, 0.29) is 30.2 Å². The number of carboxylic acid groups (broad SMARTS) is 1. The van der Waals surface area contributed by atoms with Crippen LogP contribution in [0.4, 0.5) is 0 Å². The van der Waals surface area contributed by atoms with E-state index in [1.807, 2.05) is 0 Å². The van der Waals surface area contributed by atoms with Crippen molar-refractivity contribution in [2.45, 2.75) is 20.3 Å². The van der Waals surface area contributed by atoms with Crippen LogP contribution in [0.3, 0.4) is 0 Å². The molecule has 2 aromatic heterocycles. The van der Waals surface area contributed by atoms with E-state index in [0.29, 0.717) is 11.4 Å². The highest BCUT2D eigenvalue weighted by Crippen LogP contribution is 2.07. The first-order valence-corrected chi connectivity index (χ1v) is 5.94. The standard InChI is InChI=1S/C12H14N4O4/c1-6-5-7(2)14-12(13-6)16-10(18)8(3-4-17)9(15-16)11(19)20/h5,15,17H,3-4H2,1-2H3,(H,19,20). The minimum Gasteiger partial charge on any atom is -0.477 e. The largest absolute Gasteiger partial charge is 0.477 e. The third-order valence-corrected chi connectivity index (χ3v) is 2.73. The second-order valence-electron chi connectivity index (χ2n) is 4.34. The van der Waals surface area contributed by atoms with Gasteiger partial charge in [0.25, 0.3) is 11.5 Å². The van der Waals surface area contributed by atoms with Gasteiger partial charge in [0, 0.05) is 24.4 Å². The summed E-state index contributed by atoms with van der Waals surface area (Å²) in [6, 6.07) is 1.74. The van der Waals surface area contributed by atoms with Gasteiger partial charge < -0.3 is 10.2 Å². The molecule has 0 amide bonds. The lowest BCUT2D eigenvalue weighted by molar-refractivity contribution is 0.0688. The Kier molecular flexibility index (Phi) is 3.66. The fourth-order valence-electron chi connectivity index (χ4n) is 1.94. The number of aliphatic hydroxyl groups excluding tert-OH is 1. The first-order valence-electron chi connectivity index (χ1n) is 5.94. The van der Waals surface area contributed by atoms with Crippen molar-refractivity contribution in [3.05, 3.63) is 39.1 Å². The fraction of sp³-hybridized carbons (Fsp3) is 0.333. The maximum atomic E-state index is 12.2. The molecule has 3 N–H and O–H groups in total. The Morgan fingerprint density at radius 2 is 1.95 bits per heavy atom. The zero-order valence-corrected chi connectivity index (χ0v) is 11.0. The van der Waals surface area contributed by atoms with E-state index < -0.39 is 11.5 Å². The van der Waals surface area contributed by atoms with Gasteiger partial charge in [-0.1, -0.05) is 0 Å². The number of aromatic amines is 1. The Balaban J connectivity index is 2.66. The van der Waals surface area contributed by atoms with Crippen LogP contribution in [-0.4, -0.2) is 42.5 Å². The van der Waals surface area contributed by atoms with Gasteiger partial charge in [-0.3, -0.25) is 9.89 Å². The molecule has 0 aliphatic rings. The Hall–Kier alpha value is -2.48. The molecule has 0 spiro atoms. The van der Waals surface area contributed by atoms with E-state index >= 15 is 0 Å². The molecule has 0 saturated carbocycles. The van der Waals surface area contributed by atoms with Crippen molar-refractivity contribution < 1.29 is 15.0 Å². The van der Waals surface area contributed by atoms with Crippen LogP contribution in [0.1, 0.15) is 27.4 Å². The number of hydrogen-bond acceptors (Lipinski definition) is 5. The van der Waals surface area contributed by atoms with E-state index in [1.54, 1.807) is 19.9 Å². The first kappa shape index (κ1) is 13.9. The number of aromatic carboxylic acids is 1. The van der Waals surface area contributed by atoms with Gasteiger partial charge in [-0.2, -0.15) is 4.68 Å². The number of rotatable bonds is 4. The monoisotopic (exact) mass is 278 g/mol. The lowest BCUT2D eigenvalue weighted by Crippen LogP contribution is -2.20. The molecule has 2 heterocycles. The third kappa shape index (κ3) is 2.45. The maximum absolute atomic E-state index is 12.2. The van der Waals surface area contributed by atoms with Crippen LogP contribution in [0.15, 0.2) is 10.9 Å². The topological polar surface area (TPSA) is 121 Å². The van der Waals surface area contributed by atoms with Crippen molar-refractivity contribution in [1.82, 2.24) is 19.7 Å². The number of hydrogen-bond donors (Lipinski definition) is 3. The lowest BCUT2D eigenvalue weighted by Gasteiger charge is -2.02. The zero-order chi connectivity index (χ0) is 14.9. The van der Waals surface area contributed by atoms with Gasteiger partial charge in [-0.05, 0) is 19.9 Å². The molecule has 0 bridgehead atoms. The van der Waals surface area contributed by atoms with E-state index in [4.69, 9.17) is 10.2 Å². The molecular weight excluding hydrogens is 264 g/mol. The molecule has 2 rings (SSSR count). The quantitative estimate of drug-likeness (QED) is 0.712. The average molecular weight is 278 g/mol. The number of nitrogens with zero attached hydrogens (tertiary/aromatic N) is 3. The van der Waals surface area contributed by atoms with E-state index in [9.17, 15) is 9.59 Å². The highest BCUT2D eigenvalue weighted by atomic mass is 16.4. The molecule has 8 heteroatoms. The second kappa shape index (κ2) is 5.25. The van der Waals surface area contributed by atoms with Gasteiger partial charge >= 0.3 is 5.97 Å². The first-order chi connectivity index (χ1) is 9.43. The number of nitrogens with one attached hydrogen (secondary N) is 1. The molecule has 0 radical (unpaired) electrons. The smallest absolute Gasteiger partial charge is 0.354 e. The van der Waals surface area contributed by atoms with E-state index in [2.05, 4.69) is 15.1 Å². The third-order valence-electron chi connectivity index (χ3n) is 2.73. The van der Waals surface area contributed by atoms with Crippen LogP contribution in [0.5, 0.6) is 0 Å². The number of carboxylic acids is 1. The molecular formula is C12H14N4O4. The summed E-state index contributed by atoms with van der Waals surface area (Å²) in [5.41, 5.74) is 0.500. The summed E-state index contributed by atoms with van der Waals surface area (Å²) in [6.07, 6.45) is -0.0469. The lowest BCUT2D eigenvalue weighted by atomic mass is 10.2. The molecule has 0 atom stereocenters. The molecule has 0 aromatic carbocycles. The van der Waals surface area contributed by atoms with Crippen molar-refractivity contribution in [2.24, 2.45) is 0 Å². The van der Waals surface area contributed by atoms with Crippen LogP contribution in [0, 0.1) is 13.8 Å². The van der Waals surface area contributed by atoms with Gasteiger partial charge in [0.1, 0.15) is 5.69 Å². The predicted octanol–water partition coefficient (Wildman–Crippen LogP) is -0.195. The Morgan fingerprint density at radius 1 is 1.35 bits per heavy atom. The number of aliphatic hydroxyl groups is 1. The Labute approximate surface area is 113 Å². The van der Waals surface area contributed by atoms with Gasteiger partial charge in [-0.25, -0.2) is 14.8 Å². The molecule has 0 saturated heterocycles. The number of H-pyrrole nitrogens is 1. The molecule has 0 aliphatic heterocycles. The fourth-order valence-corrected chi connectivity index (χ4v) is 1.94. The van der Waals surface area contributed by atoms with Crippen molar-refractivity contribution in [2.75, 3.05) is 6.61 Å². The highest BCUT2D eigenvalue weighted by molar-refractivity contribution is 5.87. The number of carbonyl (C=O) groups is 1. The van der Waals surface area contributed by atoms with Gasteiger partial charge in [0.2, 0.25) is 0 Å². The molecule has 2 aromatic rings. The van der Waals surface area contributed by atoms with Gasteiger partial charge in [0.15, 0.2) is 0 Å². The summed E-state index contributed by atoms with van der Waals surface area (Å²) < 4.78 is 0.981. The molecule has 0 unspecified atom stereocenters. The molecule has 0 fully saturated rings. The Morgan fingerprint density at radius 3 is 2.45 bits per heavy atom. The van der Waals surface area contributed by atoms with E-state index in [0.717, 1.165) is 4.68 Å². The van der Waals surface area contributed by atoms with Crippen molar-refractivity contribution in [1.29, 1.82) is 0 Å². The van der Waals surface area contributed by atoms with Crippen LogP contribution in [0.2, 0.25) is 0 Å². The van der Waals surface area contributed by atoms with Crippen LogP contribution in [0.25, 0.3) is 5.95 Å². The summed E-state index contributed by atoms with van der Waals surface area (Å²) in [7, 11) is 0. The summed E-state index contributed by atoms with van der Waals surface area (Å²) >= 11 is 0. The van der Waals surface area contributed by atoms with Gasteiger partial charge in [0.05, 0.1) is 5.56 Å². The minimum atomic E-state index is -1.27. The summed E-state index contributed by atoms with van der Waals surface area (Å²) in [5, 5.41) is 20.5. The summed E-state index contributed by atoms with van der Waals surface area (Å²) in [6.45, 7) is 3.18. The number of aromatic nitrogens is 4. The summed E-state index contributed by atoms with van der Waals surface area (Å²) in [4.78, 5) is 31.5. The van der Waals surface area contributed by atoms with Crippen molar-refractivity contribution in [3.8, 4) is 5.95 Å². The average Bonchev–Trinajstić information content (AvgIpc) is 2.67. The maximum Gasteiger partial charge on any atom is 0.354 e. The number of aryl methyl sites for hydroxylation is 2. The normalized spacial score (nSPS) is 10.8. The van der Waals surface area contributed by atoms with Crippen LogP contribution in [-0.2, 0) is 6.42 Å². The zero-order valence-electron chi connectivity index (χ0n) is 11.0. The van der Waals surface area contributed by atoms with E-state index in [1.165, 1.54) is 0 Å². The highest BCUT2D eigenvalue weighted by Gasteiger charge is 2.21. The molecule has 20 heavy (non-hydrogen) atoms.